The smallest absolute Gasteiger partial charge is 0.444 e. The van der Waals surface area contributed by atoms with Gasteiger partial charge in [-0.1, -0.05) is 82.8 Å². The van der Waals surface area contributed by atoms with Crippen LogP contribution in [0.1, 0.15) is 126 Å². The largest absolute Gasteiger partial charge is 0.494 e. The van der Waals surface area contributed by atoms with E-state index in [2.05, 4.69) is 11.4 Å². The predicted molar refractivity (Wildman–Crippen MR) is 293 cm³/mol. The van der Waals surface area contributed by atoms with Crippen LogP contribution in [-0.2, 0) is 45.8 Å². The number of halogens is 4. The number of nitrogens with two attached hydrogens (primary N) is 1. The van der Waals surface area contributed by atoms with Crippen molar-refractivity contribution in [3.63, 3.8) is 0 Å². The summed E-state index contributed by atoms with van der Waals surface area (Å²) in [4.78, 5) is 11.8. The molecule has 0 bridgehead atoms. The van der Waals surface area contributed by atoms with E-state index in [4.69, 9.17) is 105 Å². The van der Waals surface area contributed by atoms with Crippen LogP contribution >= 0.6 is 46.4 Å². The first kappa shape index (κ1) is 61.7. The number of hydrogen-bond acceptors (Lipinski definition) is 13. The SMILES string of the molecule is CC(C)(C)OC(=O)NCc1cc(B2OC(C)(C)C(C)(C)O2)ccc1Cl.CC1(C)OB(c2ccc(Cl)c(C#N)c2)OC1(C)C.CC1(C)OB(c2ccc(Cl)c(CN)c2)OC1(C)C.N#Cc1cc(B(O)O)ccc1Cl. The number of carbonyl (C=O) groups is 1. The molecule has 4 aromatic carbocycles. The van der Waals surface area contributed by atoms with Gasteiger partial charge in [0.1, 0.15) is 17.7 Å². The van der Waals surface area contributed by atoms with E-state index in [1.165, 1.54) is 18.2 Å². The Bertz CT molecular complexity index is 2640. The second-order valence-corrected chi connectivity index (χ2v) is 23.2. The number of alkyl carbamates (subject to hydrolysis) is 1. The first-order valence-corrected chi connectivity index (χ1v) is 25.1. The molecule has 4 aromatic rings. The summed E-state index contributed by atoms with van der Waals surface area (Å²) >= 11 is 23.8. The molecule has 22 heteroatoms. The summed E-state index contributed by atoms with van der Waals surface area (Å²) in [6, 6.07) is 24.6. The van der Waals surface area contributed by atoms with Crippen LogP contribution in [0, 0.1) is 22.7 Å². The van der Waals surface area contributed by atoms with Gasteiger partial charge in [-0.3, -0.25) is 0 Å². The fourth-order valence-electron chi connectivity index (χ4n) is 6.76. The Hall–Kier alpha value is -3.81. The Morgan fingerprint density at radius 2 is 0.918 bits per heavy atom. The van der Waals surface area contributed by atoms with Crippen molar-refractivity contribution in [2.75, 3.05) is 0 Å². The molecule has 0 aromatic heterocycles. The van der Waals surface area contributed by atoms with Crippen LogP contribution in [0.5, 0.6) is 0 Å². The zero-order chi connectivity index (χ0) is 55.3. The van der Waals surface area contributed by atoms with E-state index in [9.17, 15) is 4.79 Å². The fourth-order valence-corrected chi connectivity index (χ4v) is 7.46. The van der Waals surface area contributed by atoms with Crippen molar-refractivity contribution >= 4 is 103 Å². The Morgan fingerprint density at radius 1 is 0.589 bits per heavy atom. The van der Waals surface area contributed by atoms with E-state index < -0.39 is 44.3 Å². The van der Waals surface area contributed by atoms with Crippen LogP contribution < -0.4 is 32.9 Å². The molecule has 0 saturated carbocycles. The van der Waals surface area contributed by atoms with Gasteiger partial charge in [0.05, 0.1) is 54.8 Å². The Morgan fingerprint density at radius 3 is 1.27 bits per heavy atom. The second-order valence-electron chi connectivity index (χ2n) is 21.6. The molecule has 0 aliphatic carbocycles. The van der Waals surface area contributed by atoms with E-state index in [0.717, 1.165) is 27.5 Å². The minimum absolute atomic E-state index is 0.238. The van der Waals surface area contributed by atoms with E-state index in [0.29, 0.717) is 32.2 Å². The van der Waals surface area contributed by atoms with Gasteiger partial charge in [0, 0.05) is 23.1 Å². The molecule has 0 unspecified atom stereocenters. The molecule has 390 valence electrons. The molecule has 0 radical (unpaired) electrons. The molecule has 0 spiro atoms. The third-order valence-corrected chi connectivity index (χ3v) is 14.7. The zero-order valence-corrected chi connectivity index (χ0v) is 47.3. The summed E-state index contributed by atoms with van der Waals surface area (Å²) in [6.07, 6.45) is -0.482. The van der Waals surface area contributed by atoms with Crippen molar-refractivity contribution in [1.29, 1.82) is 10.5 Å². The van der Waals surface area contributed by atoms with Crippen LogP contribution in [-0.4, -0.2) is 83.8 Å². The Balaban J connectivity index is 0.000000217. The molecule has 5 N–H and O–H groups in total. The van der Waals surface area contributed by atoms with Gasteiger partial charge in [-0.2, -0.15) is 10.5 Å². The average molecular weight is 1080 g/mol. The van der Waals surface area contributed by atoms with Crippen LogP contribution in [0.3, 0.4) is 0 Å². The summed E-state index contributed by atoms with van der Waals surface area (Å²) in [5, 5.41) is 39.7. The van der Waals surface area contributed by atoms with Crippen molar-refractivity contribution in [3.8, 4) is 12.1 Å². The van der Waals surface area contributed by atoms with Crippen molar-refractivity contribution in [3.05, 3.63) is 115 Å². The molecular weight excluding hydrogens is 1010 g/mol. The first-order valence-electron chi connectivity index (χ1n) is 23.5. The minimum Gasteiger partial charge on any atom is -0.444 e. The summed E-state index contributed by atoms with van der Waals surface area (Å²) in [7, 11) is -2.85. The minimum atomic E-state index is -1.56. The van der Waals surface area contributed by atoms with Gasteiger partial charge in [0.2, 0.25) is 0 Å². The molecule has 73 heavy (non-hydrogen) atoms. The molecule has 1 amide bonds. The lowest BCUT2D eigenvalue weighted by atomic mass is 9.78. The lowest BCUT2D eigenvalue weighted by molar-refractivity contribution is 0.00578. The lowest BCUT2D eigenvalue weighted by Crippen LogP contribution is -2.41. The second kappa shape index (κ2) is 24.0. The van der Waals surface area contributed by atoms with Gasteiger partial charge >= 0.3 is 34.6 Å². The van der Waals surface area contributed by atoms with E-state index in [-0.39, 0.29) is 47.1 Å². The molecular formula is C51H66B4Cl4N4O10. The molecule has 7 rings (SSSR count). The Kier molecular flexibility index (Phi) is 20.3. The number of hydrogen-bond donors (Lipinski definition) is 4. The lowest BCUT2D eigenvalue weighted by Gasteiger charge is -2.32. The van der Waals surface area contributed by atoms with Crippen LogP contribution in [0.2, 0.25) is 20.1 Å². The van der Waals surface area contributed by atoms with Crippen molar-refractivity contribution in [2.24, 2.45) is 5.73 Å². The number of amides is 1. The highest BCUT2D eigenvalue weighted by Crippen LogP contribution is 2.39. The number of rotatable bonds is 7. The number of nitrogens with zero attached hydrogens (tertiary/aromatic N) is 2. The first-order chi connectivity index (χ1) is 33.5. The fraction of sp³-hybridized carbons (Fsp3) is 0.471. The molecule has 3 aliphatic rings. The van der Waals surface area contributed by atoms with Gasteiger partial charge in [0.25, 0.3) is 0 Å². The summed E-state index contributed by atoms with van der Waals surface area (Å²) in [5.41, 5.74) is 8.11. The van der Waals surface area contributed by atoms with Crippen LogP contribution in [0.4, 0.5) is 4.79 Å². The number of carbonyl (C=O) groups excluding carboxylic acids is 1. The highest BCUT2D eigenvalue weighted by atomic mass is 35.5. The Labute approximate surface area is 452 Å². The zero-order valence-electron chi connectivity index (χ0n) is 44.3. The topological polar surface area (TPSA) is 208 Å². The van der Waals surface area contributed by atoms with Crippen molar-refractivity contribution in [2.45, 2.75) is 156 Å². The van der Waals surface area contributed by atoms with Gasteiger partial charge < -0.3 is 53.8 Å². The quantitative estimate of drug-likeness (QED) is 0.129. The maximum Gasteiger partial charge on any atom is 0.494 e. The normalized spacial score (nSPS) is 18.4. The maximum absolute atomic E-state index is 11.8. The highest BCUT2D eigenvalue weighted by Gasteiger charge is 2.54. The molecule has 3 saturated heterocycles. The standard InChI is InChI=1S/C18H27BClNO4.C13H19BClNO2.C13H15BClNO2.C7H5BClNO2/c1-16(2,3)23-15(22)21-11-12-10-13(8-9-14(12)20)19-24-17(4,5)18(6,7)25-19;2*1-12(2)13(3,4)18-14(17-12)10-5-6-11(15)9(7-10)8-16;9-7-2-1-6(8(11)12)3-5(7)4-10/h8-10H,11H2,1-7H3,(H,21,22);5-7H,8,16H2,1-4H3;5-7H,1-4H3;1-3,11-12H. The van der Waals surface area contributed by atoms with E-state index in [1.807, 2.05) is 146 Å². The predicted octanol–water partition coefficient (Wildman–Crippen LogP) is 8.16. The number of ether oxygens (including phenoxy) is 1. The maximum atomic E-state index is 11.8. The summed E-state index contributed by atoms with van der Waals surface area (Å²) in [6.45, 7) is 30.3. The third-order valence-electron chi connectivity index (χ3n) is 13.3. The summed E-state index contributed by atoms with van der Waals surface area (Å²) < 4.78 is 41.2. The average Bonchev–Trinajstić information content (AvgIpc) is 3.75. The number of nitriles is 2. The van der Waals surface area contributed by atoms with Crippen molar-refractivity contribution in [1.82, 2.24) is 5.32 Å². The molecule has 14 nitrogen and oxygen atoms in total. The summed E-state index contributed by atoms with van der Waals surface area (Å²) in [5.74, 6) is 0. The van der Waals surface area contributed by atoms with Gasteiger partial charge in [-0.15, -0.1) is 0 Å². The van der Waals surface area contributed by atoms with Crippen LogP contribution in [0.15, 0.2) is 72.8 Å². The van der Waals surface area contributed by atoms with E-state index >= 15 is 0 Å². The molecule has 3 fully saturated rings. The monoisotopic (exact) mass is 1080 g/mol. The van der Waals surface area contributed by atoms with Crippen molar-refractivity contribution < 1.29 is 47.5 Å². The van der Waals surface area contributed by atoms with E-state index in [1.54, 1.807) is 18.2 Å². The molecule has 3 heterocycles. The number of nitrogens with one attached hydrogen (secondary N) is 1. The highest BCUT2D eigenvalue weighted by molar-refractivity contribution is 6.63. The molecule has 0 atom stereocenters. The molecule has 3 aliphatic heterocycles. The van der Waals surface area contributed by atoms with Crippen LogP contribution in [0.25, 0.3) is 0 Å². The van der Waals surface area contributed by atoms with Gasteiger partial charge in [-0.05, 0) is 173 Å². The van der Waals surface area contributed by atoms with Gasteiger partial charge in [0.15, 0.2) is 0 Å². The van der Waals surface area contributed by atoms with Gasteiger partial charge in [-0.25, -0.2) is 4.79 Å². The third kappa shape index (κ3) is 15.9. The number of benzene rings is 4.